The van der Waals surface area contributed by atoms with Crippen molar-refractivity contribution < 1.29 is 33.4 Å². The SMILES string of the molecule is COC(=O)CC(NC(=O)[C@]12CCC(C)(C)C[C@H]1[C@H]1C(=O)C=C3[C@@]4(C)C=C(C#N)C(=O)C(C)(C)[C@@H]4CC[C@@]3(C)[C@]1(C)CC2)C(=O)OC. The Morgan fingerprint density at radius 3 is 2.24 bits per heavy atom. The number of ketones is 2. The molecule has 3 saturated carbocycles. The van der Waals surface area contributed by atoms with E-state index in [1.54, 1.807) is 0 Å². The molecule has 8 atom stereocenters. The van der Waals surface area contributed by atoms with Crippen LogP contribution in [0.2, 0.25) is 0 Å². The molecule has 5 rings (SSSR count). The number of Topliss-reactive ketones (excluding diaryl/α,β-unsaturated/α-hetero) is 1. The molecule has 0 spiro atoms. The summed E-state index contributed by atoms with van der Waals surface area (Å²) < 4.78 is 9.71. The molecule has 3 fully saturated rings. The molecule has 5 aliphatic rings. The summed E-state index contributed by atoms with van der Waals surface area (Å²) in [6, 6.07) is 0.961. The number of rotatable bonds is 5. The second kappa shape index (κ2) is 10.9. The van der Waals surface area contributed by atoms with Crippen molar-refractivity contribution in [1.29, 1.82) is 5.26 Å². The van der Waals surface area contributed by atoms with Crippen molar-refractivity contribution in [2.75, 3.05) is 14.2 Å². The van der Waals surface area contributed by atoms with Crippen molar-refractivity contribution in [3.8, 4) is 6.07 Å². The van der Waals surface area contributed by atoms with Crippen LogP contribution in [0, 0.1) is 61.6 Å². The summed E-state index contributed by atoms with van der Waals surface area (Å²) in [5.41, 5.74) is -2.11. The number of carbonyl (C=O) groups is 5. The van der Waals surface area contributed by atoms with E-state index >= 15 is 0 Å². The average molecular weight is 635 g/mol. The van der Waals surface area contributed by atoms with E-state index in [-0.39, 0.29) is 46.7 Å². The summed E-state index contributed by atoms with van der Waals surface area (Å²) in [6.07, 6.45) is 8.09. The molecule has 5 aliphatic carbocycles. The highest BCUT2D eigenvalue weighted by Gasteiger charge is 2.71. The second-order valence-electron chi connectivity index (χ2n) is 16.7. The fraction of sp³-hybridized carbons (Fsp3) is 0.730. The average Bonchev–Trinajstić information content (AvgIpc) is 2.99. The van der Waals surface area contributed by atoms with Gasteiger partial charge in [-0.3, -0.25) is 19.2 Å². The monoisotopic (exact) mass is 634 g/mol. The molecule has 0 bridgehead atoms. The molecule has 1 unspecified atom stereocenters. The third-order valence-electron chi connectivity index (χ3n) is 13.7. The molecule has 0 aromatic rings. The summed E-state index contributed by atoms with van der Waals surface area (Å²) in [5.74, 6) is -2.58. The molecule has 0 aromatic carbocycles. The molecule has 0 aliphatic heterocycles. The molecule has 1 amide bonds. The van der Waals surface area contributed by atoms with E-state index in [2.05, 4.69) is 46.0 Å². The first-order valence-corrected chi connectivity index (χ1v) is 16.7. The number of nitriles is 1. The number of fused-ring (bicyclic) bond motifs is 7. The van der Waals surface area contributed by atoms with Crippen LogP contribution in [0.5, 0.6) is 0 Å². The zero-order valence-electron chi connectivity index (χ0n) is 28.9. The summed E-state index contributed by atoms with van der Waals surface area (Å²) in [5, 5.41) is 12.8. The summed E-state index contributed by atoms with van der Waals surface area (Å²) in [4.78, 5) is 67.3. The van der Waals surface area contributed by atoms with Gasteiger partial charge in [0.2, 0.25) is 5.91 Å². The first kappa shape index (κ1) is 34.1. The van der Waals surface area contributed by atoms with Gasteiger partial charge in [-0.05, 0) is 79.1 Å². The van der Waals surface area contributed by atoms with Gasteiger partial charge in [-0.15, -0.1) is 0 Å². The van der Waals surface area contributed by atoms with Gasteiger partial charge in [-0.1, -0.05) is 60.1 Å². The Hall–Kier alpha value is -3.28. The van der Waals surface area contributed by atoms with Crippen LogP contribution in [-0.2, 0) is 33.4 Å². The Balaban J connectivity index is 1.61. The molecule has 9 heteroatoms. The molecule has 46 heavy (non-hydrogen) atoms. The van der Waals surface area contributed by atoms with Crippen molar-refractivity contribution in [3.63, 3.8) is 0 Å². The molecular formula is C37H50N2O7. The maximum Gasteiger partial charge on any atom is 0.328 e. The van der Waals surface area contributed by atoms with Crippen molar-refractivity contribution in [3.05, 3.63) is 23.3 Å². The molecule has 1 N–H and O–H groups in total. The van der Waals surface area contributed by atoms with Gasteiger partial charge >= 0.3 is 11.9 Å². The number of ether oxygens (including phenoxy) is 2. The van der Waals surface area contributed by atoms with E-state index in [1.165, 1.54) is 14.2 Å². The fourth-order valence-corrected chi connectivity index (χ4v) is 10.9. The number of amides is 1. The van der Waals surface area contributed by atoms with E-state index in [4.69, 9.17) is 9.47 Å². The summed E-state index contributed by atoms with van der Waals surface area (Å²) >= 11 is 0. The van der Waals surface area contributed by atoms with Gasteiger partial charge in [-0.2, -0.15) is 5.26 Å². The van der Waals surface area contributed by atoms with Crippen molar-refractivity contribution in [2.24, 2.45) is 50.2 Å². The van der Waals surface area contributed by atoms with E-state index in [9.17, 15) is 29.2 Å². The standard InChI is InChI=1S/C37H50N2O7/c1-32(2)12-14-37(31(44)39-23(30(43)46-9)16-27(41)45-8)15-13-36(7)28(22(37)19-32)24(40)17-26-34(5)18-21(20-38)29(42)33(3,4)25(34)10-11-35(26,36)6/h17-18,22-23,25,28H,10-16,19H2,1-9H3,(H,39,44)/t22-,23?,25-,28-,34-,35+,36+,37-/m0/s1. The topological polar surface area (TPSA) is 140 Å². The predicted octanol–water partition coefficient (Wildman–Crippen LogP) is 5.43. The van der Waals surface area contributed by atoms with Crippen LogP contribution in [0.1, 0.15) is 99.8 Å². The lowest BCUT2D eigenvalue weighted by molar-refractivity contribution is -0.179. The van der Waals surface area contributed by atoms with Crippen LogP contribution in [0.4, 0.5) is 0 Å². The molecule has 250 valence electrons. The Kier molecular flexibility index (Phi) is 8.06. The molecule has 0 saturated heterocycles. The number of nitrogens with zero attached hydrogens (tertiary/aromatic N) is 1. The fourth-order valence-electron chi connectivity index (χ4n) is 10.9. The van der Waals surface area contributed by atoms with Gasteiger partial charge in [0.15, 0.2) is 11.6 Å². The zero-order chi connectivity index (χ0) is 34.3. The highest BCUT2D eigenvalue weighted by molar-refractivity contribution is 6.04. The van der Waals surface area contributed by atoms with E-state index < -0.39 is 51.0 Å². The third kappa shape index (κ3) is 4.64. The van der Waals surface area contributed by atoms with Gasteiger partial charge in [-0.25, -0.2) is 4.79 Å². The van der Waals surface area contributed by atoms with Crippen molar-refractivity contribution in [1.82, 2.24) is 5.32 Å². The van der Waals surface area contributed by atoms with Crippen LogP contribution < -0.4 is 5.32 Å². The Bertz CT molecular complexity index is 1500. The zero-order valence-corrected chi connectivity index (χ0v) is 28.9. The molecule has 9 nitrogen and oxygen atoms in total. The number of allylic oxidation sites excluding steroid dienone is 4. The van der Waals surface area contributed by atoms with Gasteiger partial charge in [0, 0.05) is 16.7 Å². The quantitative estimate of drug-likeness (QED) is 0.395. The molecule has 0 heterocycles. The molecule has 0 radical (unpaired) electrons. The number of hydrogen-bond donors (Lipinski definition) is 1. The lowest BCUT2D eigenvalue weighted by Gasteiger charge is -2.69. The van der Waals surface area contributed by atoms with Crippen LogP contribution in [0.25, 0.3) is 0 Å². The van der Waals surface area contributed by atoms with Crippen LogP contribution in [0.15, 0.2) is 23.3 Å². The first-order valence-electron chi connectivity index (χ1n) is 16.7. The lowest BCUT2D eigenvalue weighted by Crippen LogP contribution is -2.67. The molecule has 0 aromatic heterocycles. The maximum atomic E-state index is 14.7. The second-order valence-corrected chi connectivity index (χ2v) is 16.7. The normalized spacial score (nSPS) is 39.4. The third-order valence-corrected chi connectivity index (χ3v) is 13.7. The maximum absolute atomic E-state index is 14.7. The number of methoxy groups -OCH3 is 2. The Morgan fingerprint density at radius 1 is 0.978 bits per heavy atom. The summed E-state index contributed by atoms with van der Waals surface area (Å²) in [7, 11) is 2.44. The minimum atomic E-state index is -1.19. The van der Waals surface area contributed by atoms with Gasteiger partial charge in [0.25, 0.3) is 0 Å². The highest BCUT2D eigenvalue weighted by atomic mass is 16.5. The van der Waals surface area contributed by atoms with Crippen molar-refractivity contribution in [2.45, 2.75) is 106 Å². The first-order chi connectivity index (χ1) is 21.3. The highest BCUT2D eigenvalue weighted by Crippen LogP contribution is 2.74. The minimum absolute atomic E-state index is 0.00267. The Morgan fingerprint density at radius 2 is 1.63 bits per heavy atom. The van der Waals surface area contributed by atoms with E-state index in [1.807, 2.05) is 26.0 Å². The molecular weight excluding hydrogens is 584 g/mol. The number of nitrogens with one attached hydrogen (secondary N) is 1. The number of hydrogen-bond acceptors (Lipinski definition) is 8. The predicted molar refractivity (Wildman–Crippen MR) is 169 cm³/mol. The summed E-state index contributed by atoms with van der Waals surface area (Å²) in [6.45, 7) is 14.8. The van der Waals surface area contributed by atoms with Crippen LogP contribution in [0.3, 0.4) is 0 Å². The van der Waals surface area contributed by atoms with Crippen LogP contribution >= 0.6 is 0 Å². The minimum Gasteiger partial charge on any atom is -0.469 e. The van der Waals surface area contributed by atoms with Crippen molar-refractivity contribution >= 4 is 29.4 Å². The van der Waals surface area contributed by atoms with Gasteiger partial charge in [0.05, 0.1) is 31.6 Å². The smallest absolute Gasteiger partial charge is 0.328 e. The number of esters is 2. The number of carbonyl (C=O) groups excluding carboxylic acids is 5. The van der Waals surface area contributed by atoms with Gasteiger partial charge < -0.3 is 14.8 Å². The largest absolute Gasteiger partial charge is 0.469 e. The Labute approximate surface area is 272 Å². The lowest BCUT2D eigenvalue weighted by atomic mass is 9.34. The van der Waals surface area contributed by atoms with E-state index in [0.717, 1.165) is 24.8 Å². The van der Waals surface area contributed by atoms with E-state index in [0.29, 0.717) is 25.7 Å². The van der Waals surface area contributed by atoms with Crippen LogP contribution in [-0.4, -0.2) is 49.7 Å². The van der Waals surface area contributed by atoms with Gasteiger partial charge in [0.1, 0.15) is 12.1 Å².